The Morgan fingerprint density at radius 2 is 2.24 bits per heavy atom. The number of nitrogens with zero attached hydrogens (tertiary/aromatic N) is 1. The number of benzene rings is 1. The van der Waals surface area contributed by atoms with Crippen LogP contribution < -0.4 is 5.32 Å². The molecule has 0 aliphatic carbocycles. The molecule has 0 bridgehead atoms. The number of nitro groups is 1. The molecule has 0 heterocycles. The standard InChI is InChI=1S/C12H17BrN2O2/c1-3-4-9(2)14-8-10-5-6-11(15(16)17)7-12(10)13/h5-7,9,14H,3-4,8H2,1-2H3. The van der Waals surface area contributed by atoms with Crippen molar-refractivity contribution >= 4 is 21.6 Å². The molecular weight excluding hydrogens is 284 g/mol. The van der Waals surface area contributed by atoms with E-state index in [-0.39, 0.29) is 10.6 Å². The molecule has 1 atom stereocenters. The van der Waals surface area contributed by atoms with Gasteiger partial charge in [0.2, 0.25) is 0 Å². The van der Waals surface area contributed by atoms with Gasteiger partial charge in [-0.25, -0.2) is 0 Å². The summed E-state index contributed by atoms with van der Waals surface area (Å²) in [6.45, 7) is 5.02. The Morgan fingerprint density at radius 1 is 1.53 bits per heavy atom. The summed E-state index contributed by atoms with van der Waals surface area (Å²) >= 11 is 3.36. The average molecular weight is 301 g/mol. The second-order valence-corrected chi connectivity index (χ2v) is 4.96. The highest BCUT2D eigenvalue weighted by molar-refractivity contribution is 9.10. The van der Waals surface area contributed by atoms with Crippen molar-refractivity contribution < 1.29 is 4.92 Å². The molecule has 0 fully saturated rings. The summed E-state index contributed by atoms with van der Waals surface area (Å²) in [7, 11) is 0. The molecule has 1 N–H and O–H groups in total. The van der Waals surface area contributed by atoms with Crippen LogP contribution in [0.25, 0.3) is 0 Å². The van der Waals surface area contributed by atoms with Gasteiger partial charge >= 0.3 is 0 Å². The third-order valence-electron chi connectivity index (χ3n) is 2.61. The molecule has 0 aliphatic rings. The van der Waals surface area contributed by atoms with Gasteiger partial charge in [-0.2, -0.15) is 0 Å². The van der Waals surface area contributed by atoms with E-state index in [9.17, 15) is 10.1 Å². The Balaban J connectivity index is 2.63. The minimum absolute atomic E-state index is 0.113. The van der Waals surface area contributed by atoms with Crippen LogP contribution in [0, 0.1) is 10.1 Å². The summed E-state index contributed by atoms with van der Waals surface area (Å²) in [5.41, 5.74) is 1.15. The Labute approximate surface area is 110 Å². The van der Waals surface area contributed by atoms with Crippen LogP contribution in [-0.2, 0) is 6.54 Å². The van der Waals surface area contributed by atoms with E-state index in [1.807, 2.05) is 0 Å². The fourth-order valence-corrected chi connectivity index (χ4v) is 2.12. The van der Waals surface area contributed by atoms with Crippen molar-refractivity contribution in [3.8, 4) is 0 Å². The van der Waals surface area contributed by atoms with Gasteiger partial charge in [-0.05, 0) is 25.0 Å². The van der Waals surface area contributed by atoms with Gasteiger partial charge in [-0.1, -0.05) is 29.3 Å². The minimum atomic E-state index is -0.387. The fraction of sp³-hybridized carbons (Fsp3) is 0.500. The van der Waals surface area contributed by atoms with Gasteiger partial charge in [0.05, 0.1) is 4.92 Å². The highest BCUT2D eigenvalue weighted by atomic mass is 79.9. The minimum Gasteiger partial charge on any atom is -0.310 e. The fourth-order valence-electron chi connectivity index (χ4n) is 1.61. The Hall–Kier alpha value is -0.940. The first-order valence-electron chi connectivity index (χ1n) is 5.70. The predicted octanol–water partition coefficient (Wildman–Crippen LogP) is 3.64. The lowest BCUT2D eigenvalue weighted by molar-refractivity contribution is -0.384. The quantitative estimate of drug-likeness (QED) is 0.644. The van der Waals surface area contributed by atoms with Crippen LogP contribution in [0.3, 0.4) is 0 Å². The van der Waals surface area contributed by atoms with E-state index < -0.39 is 0 Å². The maximum atomic E-state index is 10.6. The van der Waals surface area contributed by atoms with Crippen LogP contribution in [0.15, 0.2) is 22.7 Å². The molecule has 0 aromatic heterocycles. The van der Waals surface area contributed by atoms with Crippen molar-refractivity contribution in [3.05, 3.63) is 38.3 Å². The second kappa shape index (κ2) is 6.71. The molecule has 1 aromatic rings. The maximum Gasteiger partial charge on any atom is 0.270 e. The molecule has 94 valence electrons. The zero-order chi connectivity index (χ0) is 12.8. The van der Waals surface area contributed by atoms with E-state index in [1.54, 1.807) is 12.1 Å². The summed E-state index contributed by atoms with van der Waals surface area (Å²) in [6.07, 6.45) is 2.28. The van der Waals surface area contributed by atoms with E-state index in [1.165, 1.54) is 6.07 Å². The second-order valence-electron chi connectivity index (χ2n) is 4.10. The molecular formula is C12H17BrN2O2. The summed E-state index contributed by atoms with van der Waals surface area (Å²) in [5, 5.41) is 14.0. The van der Waals surface area contributed by atoms with E-state index in [0.717, 1.165) is 29.4 Å². The van der Waals surface area contributed by atoms with Crippen molar-refractivity contribution in [1.82, 2.24) is 5.32 Å². The topological polar surface area (TPSA) is 55.2 Å². The SMILES string of the molecule is CCCC(C)NCc1ccc([N+](=O)[O-])cc1Br. The highest BCUT2D eigenvalue weighted by Crippen LogP contribution is 2.22. The van der Waals surface area contributed by atoms with Crippen molar-refractivity contribution in [2.24, 2.45) is 0 Å². The van der Waals surface area contributed by atoms with Crippen LogP contribution in [0.2, 0.25) is 0 Å². The summed E-state index contributed by atoms with van der Waals surface area (Å²) < 4.78 is 0.780. The Morgan fingerprint density at radius 3 is 2.76 bits per heavy atom. The Kier molecular flexibility index (Phi) is 5.58. The number of nitro benzene ring substituents is 1. The largest absolute Gasteiger partial charge is 0.310 e. The van der Waals surface area contributed by atoms with E-state index in [2.05, 4.69) is 35.1 Å². The summed E-state index contributed by atoms with van der Waals surface area (Å²) in [6, 6.07) is 5.32. The number of rotatable bonds is 6. The van der Waals surface area contributed by atoms with Gasteiger partial charge in [-0.15, -0.1) is 0 Å². The molecule has 17 heavy (non-hydrogen) atoms. The van der Waals surface area contributed by atoms with E-state index in [0.29, 0.717) is 6.04 Å². The van der Waals surface area contributed by atoms with Gasteiger partial charge < -0.3 is 5.32 Å². The molecule has 0 amide bonds. The van der Waals surface area contributed by atoms with Crippen molar-refractivity contribution in [1.29, 1.82) is 0 Å². The van der Waals surface area contributed by atoms with Gasteiger partial charge in [0.25, 0.3) is 5.69 Å². The highest BCUT2D eigenvalue weighted by Gasteiger charge is 2.09. The molecule has 1 aromatic carbocycles. The van der Waals surface area contributed by atoms with Crippen molar-refractivity contribution in [3.63, 3.8) is 0 Å². The van der Waals surface area contributed by atoms with Crippen LogP contribution >= 0.6 is 15.9 Å². The average Bonchev–Trinajstić information content (AvgIpc) is 2.27. The normalized spacial score (nSPS) is 12.4. The smallest absolute Gasteiger partial charge is 0.270 e. The summed E-state index contributed by atoms with van der Waals surface area (Å²) in [5.74, 6) is 0. The summed E-state index contributed by atoms with van der Waals surface area (Å²) in [4.78, 5) is 10.2. The van der Waals surface area contributed by atoms with Crippen LogP contribution in [-0.4, -0.2) is 11.0 Å². The Bertz CT molecular complexity index is 396. The molecule has 0 saturated carbocycles. The van der Waals surface area contributed by atoms with Gasteiger partial charge in [0, 0.05) is 29.2 Å². The predicted molar refractivity (Wildman–Crippen MR) is 72.0 cm³/mol. The van der Waals surface area contributed by atoms with Gasteiger partial charge in [-0.3, -0.25) is 10.1 Å². The van der Waals surface area contributed by atoms with Crippen LogP contribution in [0.5, 0.6) is 0 Å². The van der Waals surface area contributed by atoms with Gasteiger partial charge in [0.15, 0.2) is 0 Å². The number of hydrogen-bond donors (Lipinski definition) is 1. The van der Waals surface area contributed by atoms with Crippen LogP contribution in [0.4, 0.5) is 5.69 Å². The van der Waals surface area contributed by atoms with Crippen molar-refractivity contribution in [2.75, 3.05) is 0 Å². The van der Waals surface area contributed by atoms with Crippen molar-refractivity contribution in [2.45, 2.75) is 39.3 Å². The van der Waals surface area contributed by atoms with E-state index in [4.69, 9.17) is 0 Å². The maximum absolute atomic E-state index is 10.6. The van der Waals surface area contributed by atoms with E-state index >= 15 is 0 Å². The number of hydrogen-bond acceptors (Lipinski definition) is 3. The first-order chi connectivity index (χ1) is 8.04. The molecule has 1 unspecified atom stereocenters. The monoisotopic (exact) mass is 300 g/mol. The lowest BCUT2D eigenvalue weighted by Gasteiger charge is -2.13. The number of halogens is 1. The lowest BCUT2D eigenvalue weighted by Crippen LogP contribution is -2.25. The number of non-ortho nitro benzene ring substituents is 1. The molecule has 4 nitrogen and oxygen atoms in total. The molecule has 0 aliphatic heterocycles. The molecule has 0 saturated heterocycles. The van der Waals surface area contributed by atoms with Gasteiger partial charge in [0.1, 0.15) is 0 Å². The third-order valence-corrected chi connectivity index (χ3v) is 3.35. The molecule has 5 heteroatoms. The first-order valence-corrected chi connectivity index (χ1v) is 6.50. The zero-order valence-corrected chi connectivity index (χ0v) is 11.7. The number of nitrogens with one attached hydrogen (secondary N) is 1. The molecule has 0 radical (unpaired) electrons. The zero-order valence-electron chi connectivity index (χ0n) is 10.1. The lowest BCUT2D eigenvalue weighted by atomic mass is 10.1. The van der Waals surface area contributed by atoms with Crippen LogP contribution in [0.1, 0.15) is 32.3 Å². The molecule has 0 spiro atoms. The third kappa shape index (κ3) is 4.44. The molecule has 1 rings (SSSR count). The first kappa shape index (κ1) is 14.1.